The first-order valence-electron chi connectivity index (χ1n) is 5.65. The van der Waals surface area contributed by atoms with Crippen molar-refractivity contribution in [2.45, 2.75) is 38.5 Å². The van der Waals surface area contributed by atoms with Crippen LogP contribution < -0.4 is 11.1 Å². The zero-order chi connectivity index (χ0) is 12.8. The van der Waals surface area contributed by atoms with Gasteiger partial charge < -0.3 is 16.5 Å². The van der Waals surface area contributed by atoms with Gasteiger partial charge in [-0.25, -0.2) is 8.78 Å². The van der Waals surface area contributed by atoms with E-state index in [1.807, 2.05) is 0 Å². The predicted molar refractivity (Wildman–Crippen MR) is 60.7 cm³/mol. The van der Waals surface area contributed by atoms with Crippen LogP contribution in [0.1, 0.15) is 32.1 Å². The van der Waals surface area contributed by atoms with Gasteiger partial charge in [0.1, 0.15) is 5.70 Å². The number of hydrogen-bond acceptors (Lipinski definition) is 3. The molecular weight excluding hydrogens is 228 g/mol. The molecular formula is C11H17F2N3O. The molecule has 1 saturated carbocycles. The first-order valence-corrected chi connectivity index (χ1v) is 5.65. The number of hydrogen-bond donors (Lipinski definition) is 3. The molecule has 0 spiro atoms. The van der Waals surface area contributed by atoms with Gasteiger partial charge in [0.25, 0.3) is 6.43 Å². The molecule has 1 aliphatic carbocycles. The van der Waals surface area contributed by atoms with Crippen molar-refractivity contribution in [2.24, 2.45) is 11.7 Å². The minimum Gasteiger partial charge on any atom is -0.396 e. The Morgan fingerprint density at radius 3 is 2.41 bits per heavy atom. The summed E-state index contributed by atoms with van der Waals surface area (Å²) < 4.78 is 24.6. The number of carbonyl (C=O) groups excluding carboxylic acids is 1. The standard InChI is InChI=1S/C11H17F2N3O/c12-10(13)9(15)8(6-14)16-11(17)7-4-2-1-3-5-7/h6-7,10,14H,1-5,15H2,(H,16,17)/b9-8+,14-6?. The van der Waals surface area contributed by atoms with E-state index in [0.717, 1.165) is 32.1 Å². The fourth-order valence-electron chi connectivity index (χ4n) is 1.91. The molecule has 0 aromatic carbocycles. The SMILES string of the molecule is N=C/C(NC(=O)C1CCCCC1)=C(\N)C(F)F. The second-order valence-corrected chi connectivity index (χ2v) is 4.14. The third-order valence-corrected chi connectivity index (χ3v) is 2.92. The molecule has 1 rings (SSSR count). The molecule has 1 fully saturated rings. The summed E-state index contributed by atoms with van der Waals surface area (Å²) in [6, 6.07) is 0. The highest BCUT2D eigenvalue weighted by Gasteiger charge is 2.22. The number of nitrogens with one attached hydrogen (secondary N) is 2. The maximum absolute atomic E-state index is 12.3. The minimum absolute atomic E-state index is 0.149. The van der Waals surface area contributed by atoms with Gasteiger partial charge >= 0.3 is 0 Å². The van der Waals surface area contributed by atoms with E-state index in [4.69, 9.17) is 11.1 Å². The molecule has 0 aliphatic heterocycles. The third kappa shape index (κ3) is 3.80. The second kappa shape index (κ2) is 6.32. The summed E-state index contributed by atoms with van der Waals surface area (Å²) in [6.07, 6.45) is 2.40. The van der Waals surface area contributed by atoms with Crippen LogP contribution in [-0.4, -0.2) is 18.5 Å². The Kier molecular flexibility index (Phi) is 5.06. The molecule has 1 aliphatic rings. The third-order valence-electron chi connectivity index (χ3n) is 2.92. The molecule has 0 saturated heterocycles. The summed E-state index contributed by atoms with van der Waals surface area (Å²) in [5, 5.41) is 9.29. The van der Waals surface area contributed by atoms with Crippen LogP contribution in [0.3, 0.4) is 0 Å². The average Bonchev–Trinajstić information content (AvgIpc) is 2.35. The van der Waals surface area contributed by atoms with Crippen molar-refractivity contribution in [3.8, 4) is 0 Å². The van der Waals surface area contributed by atoms with E-state index in [1.165, 1.54) is 0 Å². The number of rotatable bonds is 4. The first-order chi connectivity index (χ1) is 8.06. The van der Waals surface area contributed by atoms with Crippen LogP contribution in [0, 0.1) is 11.3 Å². The molecule has 4 N–H and O–H groups in total. The summed E-state index contributed by atoms with van der Waals surface area (Å²) >= 11 is 0. The van der Waals surface area contributed by atoms with E-state index in [1.54, 1.807) is 0 Å². The van der Waals surface area contributed by atoms with Crippen LogP contribution in [0.25, 0.3) is 0 Å². The maximum atomic E-state index is 12.3. The second-order valence-electron chi connectivity index (χ2n) is 4.14. The average molecular weight is 245 g/mol. The van der Waals surface area contributed by atoms with Crippen molar-refractivity contribution in [1.29, 1.82) is 5.41 Å². The van der Waals surface area contributed by atoms with Crippen molar-refractivity contribution in [2.75, 3.05) is 0 Å². The van der Waals surface area contributed by atoms with E-state index >= 15 is 0 Å². The monoisotopic (exact) mass is 245 g/mol. The predicted octanol–water partition coefficient (Wildman–Crippen LogP) is 1.77. The van der Waals surface area contributed by atoms with Gasteiger partial charge in [-0.05, 0) is 12.8 Å². The molecule has 4 nitrogen and oxygen atoms in total. The van der Waals surface area contributed by atoms with Gasteiger partial charge in [-0.15, -0.1) is 0 Å². The van der Waals surface area contributed by atoms with E-state index in [-0.39, 0.29) is 17.5 Å². The zero-order valence-electron chi connectivity index (χ0n) is 9.51. The molecule has 1 amide bonds. The fourth-order valence-corrected chi connectivity index (χ4v) is 1.91. The number of alkyl halides is 2. The highest BCUT2D eigenvalue weighted by molar-refractivity contribution is 5.88. The van der Waals surface area contributed by atoms with Gasteiger partial charge in [0.05, 0.1) is 5.70 Å². The van der Waals surface area contributed by atoms with Gasteiger partial charge in [-0.1, -0.05) is 19.3 Å². The summed E-state index contributed by atoms with van der Waals surface area (Å²) in [5.41, 5.74) is 4.06. The topological polar surface area (TPSA) is 79.0 Å². The number of allylic oxidation sites excluding steroid dienone is 2. The van der Waals surface area contributed by atoms with Crippen molar-refractivity contribution < 1.29 is 13.6 Å². The summed E-state index contributed by atoms with van der Waals surface area (Å²) in [6.45, 7) is 0. The Balaban J connectivity index is 2.65. The Labute approximate surface area is 98.8 Å². The lowest BCUT2D eigenvalue weighted by molar-refractivity contribution is -0.125. The lowest BCUT2D eigenvalue weighted by atomic mass is 9.88. The molecule has 96 valence electrons. The first kappa shape index (κ1) is 13.6. The fraction of sp³-hybridized carbons (Fsp3) is 0.636. The van der Waals surface area contributed by atoms with Crippen LogP contribution in [0.5, 0.6) is 0 Å². The van der Waals surface area contributed by atoms with Crippen LogP contribution in [-0.2, 0) is 4.79 Å². The highest BCUT2D eigenvalue weighted by atomic mass is 19.3. The van der Waals surface area contributed by atoms with E-state index in [0.29, 0.717) is 6.21 Å². The van der Waals surface area contributed by atoms with Crippen molar-refractivity contribution in [3.63, 3.8) is 0 Å². The van der Waals surface area contributed by atoms with Gasteiger partial charge in [-0.2, -0.15) is 0 Å². The summed E-state index contributed by atoms with van der Waals surface area (Å²) in [4.78, 5) is 11.7. The highest BCUT2D eigenvalue weighted by Crippen LogP contribution is 2.23. The molecule has 0 bridgehead atoms. The van der Waals surface area contributed by atoms with Gasteiger partial charge in [0.2, 0.25) is 5.91 Å². The zero-order valence-corrected chi connectivity index (χ0v) is 9.51. The van der Waals surface area contributed by atoms with Crippen LogP contribution in [0.2, 0.25) is 0 Å². The van der Waals surface area contributed by atoms with E-state index in [2.05, 4.69) is 5.32 Å². The van der Waals surface area contributed by atoms with Crippen molar-refractivity contribution in [3.05, 3.63) is 11.4 Å². The molecule has 6 heteroatoms. The maximum Gasteiger partial charge on any atom is 0.279 e. The number of nitrogens with two attached hydrogens (primary N) is 1. The Hall–Kier alpha value is -1.46. The minimum atomic E-state index is -2.86. The van der Waals surface area contributed by atoms with E-state index < -0.39 is 12.1 Å². The normalized spacial score (nSPS) is 18.8. The lowest BCUT2D eigenvalue weighted by Crippen LogP contribution is -2.34. The van der Waals surface area contributed by atoms with Crippen LogP contribution >= 0.6 is 0 Å². The van der Waals surface area contributed by atoms with Crippen molar-refractivity contribution >= 4 is 12.1 Å². The number of halogens is 2. The Morgan fingerprint density at radius 1 is 1.35 bits per heavy atom. The molecule has 17 heavy (non-hydrogen) atoms. The van der Waals surface area contributed by atoms with Gasteiger partial charge in [0, 0.05) is 12.1 Å². The van der Waals surface area contributed by atoms with Gasteiger partial charge in [0.15, 0.2) is 0 Å². The Morgan fingerprint density at radius 2 is 1.94 bits per heavy atom. The van der Waals surface area contributed by atoms with Gasteiger partial charge in [-0.3, -0.25) is 4.79 Å². The number of carbonyl (C=O) groups is 1. The summed E-state index contributed by atoms with van der Waals surface area (Å²) in [7, 11) is 0. The lowest BCUT2D eigenvalue weighted by Gasteiger charge is -2.21. The van der Waals surface area contributed by atoms with Crippen LogP contribution in [0.15, 0.2) is 11.4 Å². The molecule has 0 aromatic rings. The smallest absolute Gasteiger partial charge is 0.279 e. The van der Waals surface area contributed by atoms with Crippen molar-refractivity contribution in [1.82, 2.24) is 5.32 Å². The van der Waals surface area contributed by atoms with Crippen LogP contribution in [0.4, 0.5) is 8.78 Å². The molecule has 0 radical (unpaired) electrons. The number of amides is 1. The molecule has 0 atom stereocenters. The molecule has 0 unspecified atom stereocenters. The van der Waals surface area contributed by atoms with E-state index in [9.17, 15) is 13.6 Å². The largest absolute Gasteiger partial charge is 0.396 e. The Bertz CT molecular complexity index is 323. The molecule has 0 heterocycles. The summed E-state index contributed by atoms with van der Waals surface area (Å²) in [5.74, 6) is -0.462. The quantitative estimate of drug-likeness (QED) is 0.660. The molecule has 0 aromatic heterocycles.